The van der Waals surface area contributed by atoms with Gasteiger partial charge < -0.3 is 10.0 Å². The highest BCUT2D eigenvalue weighted by Crippen LogP contribution is 2.31. The van der Waals surface area contributed by atoms with Crippen molar-refractivity contribution in [1.29, 1.82) is 5.26 Å². The summed E-state index contributed by atoms with van der Waals surface area (Å²) in [5.74, 6) is 0.299. The molecule has 2 aromatic rings. The summed E-state index contributed by atoms with van der Waals surface area (Å²) in [6, 6.07) is 12.2. The zero-order valence-corrected chi connectivity index (χ0v) is 16.8. The second-order valence-corrected chi connectivity index (χ2v) is 6.95. The molecule has 138 valence electrons. The SMILES string of the molecule is C=C(c1ccc(C#N)c(F)c1)c1ccc(NSC)cc1NC.CC(C)C. The number of benzene rings is 2. The maximum atomic E-state index is 13.8. The fraction of sp³-hybridized carbons (Fsp3) is 0.286. The van der Waals surface area contributed by atoms with Crippen molar-refractivity contribution < 1.29 is 4.39 Å². The lowest BCUT2D eigenvalue weighted by Gasteiger charge is -2.14. The van der Waals surface area contributed by atoms with Gasteiger partial charge in [-0.2, -0.15) is 5.26 Å². The first kappa shape index (κ1) is 21.6. The minimum Gasteiger partial charge on any atom is -0.388 e. The van der Waals surface area contributed by atoms with E-state index in [0.717, 1.165) is 22.9 Å². The van der Waals surface area contributed by atoms with Gasteiger partial charge in [-0.25, -0.2) is 4.39 Å². The summed E-state index contributed by atoms with van der Waals surface area (Å²) in [7, 11) is 1.83. The van der Waals surface area contributed by atoms with Crippen LogP contribution in [-0.2, 0) is 0 Å². The third kappa shape index (κ3) is 6.12. The van der Waals surface area contributed by atoms with E-state index in [0.29, 0.717) is 11.1 Å². The first-order chi connectivity index (χ1) is 12.3. The summed E-state index contributed by atoms with van der Waals surface area (Å²) in [4.78, 5) is 0. The van der Waals surface area contributed by atoms with Gasteiger partial charge in [-0.15, -0.1) is 0 Å². The van der Waals surface area contributed by atoms with E-state index in [9.17, 15) is 4.39 Å². The molecule has 2 N–H and O–H groups in total. The third-order valence-electron chi connectivity index (χ3n) is 3.27. The van der Waals surface area contributed by atoms with E-state index >= 15 is 0 Å². The molecule has 0 aliphatic heterocycles. The summed E-state index contributed by atoms with van der Waals surface area (Å²) in [5.41, 5.74) is 4.14. The van der Waals surface area contributed by atoms with Gasteiger partial charge in [-0.3, -0.25) is 0 Å². The van der Waals surface area contributed by atoms with Gasteiger partial charge in [0.2, 0.25) is 0 Å². The van der Waals surface area contributed by atoms with Gasteiger partial charge >= 0.3 is 0 Å². The van der Waals surface area contributed by atoms with Gasteiger partial charge in [0.1, 0.15) is 11.9 Å². The lowest BCUT2D eigenvalue weighted by atomic mass is 9.96. The molecule has 0 aliphatic carbocycles. The van der Waals surface area contributed by atoms with Crippen molar-refractivity contribution in [2.45, 2.75) is 20.8 Å². The molecule has 0 saturated heterocycles. The van der Waals surface area contributed by atoms with Crippen LogP contribution in [0.3, 0.4) is 0 Å². The van der Waals surface area contributed by atoms with E-state index in [4.69, 9.17) is 5.26 Å². The quantitative estimate of drug-likeness (QED) is 0.619. The average Bonchev–Trinajstić information content (AvgIpc) is 2.60. The van der Waals surface area contributed by atoms with Crippen molar-refractivity contribution in [2.75, 3.05) is 23.3 Å². The Morgan fingerprint density at radius 3 is 2.35 bits per heavy atom. The van der Waals surface area contributed by atoms with Crippen molar-refractivity contribution in [2.24, 2.45) is 5.92 Å². The summed E-state index contributed by atoms with van der Waals surface area (Å²) in [5, 5.41) is 11.9. The van der Waals surface area contributed by atoms with Crippen LogP contribution in [0, 0.1) is 23.1 Å². The zero-order valence-electron chi connectivity index (χ0n) is 16.0. The number of halogens is 1. The van der Waals surface area contributed by atoms with Crippen LogP contribution >= 0.6 is 11.9 Å². The Balaban J connectivity index is 0.000000765. The van der Waals surface area contributed by atoms with Crippen LogP contribution in [-0.4, -0.2) is 13.3 Å². The first-order valence-corrected chi connectivity index (χ1v) is 9.56. The normalized spacial score (nSPS) is 9.77. The second kappa shape index (κ2) is 10.5. The molecule has 5 heteroatoms. The Bertz CT molecular complexity index is 792. The lowest BCUT2D eigenvalue weighted by molar-refractivity contribution is 0.623. The molecule has 0 aromatic heterocycles. The highest BCUT2D eigenvalue weighted by Gasteiger charge is 2.11. The van der Waals surface area contributed by atoms with E-state index in [1.54, 1.807) is 6.07 Å². The maximum Gasteiger partial charge on any atom is 0.141 e. The Hall–Kier alpha value is -2.45. The summed E-state index contributed by atoms with van der Waals surface area (Å²) in [6.45, 7) is 10.6. The first-order valence-electron chi connectivity index (χ1n) is 8.34. The van der Waals surface area contributed by atoms with E-state index in [-0.39, 0.29) is 5.56 Å². The molecule has 0 aliphatic rings. The van der Waals surface area contributed by atoms with Crippen LogP contribution in [0.25, 0.3) is 5.57 Å². The molecule has 0 heterocycles. The number of rotatable bonds is 5. The van der Waals surface area contributed by atoms with Gasteiger partial charge in [0.05, 0.1) is 5.56 Å². The van der Waals surface area contributed by atoms with Crippen LogP contribution in [0.5, 0.6) is 0 Å². The molecule has 0 unspecified atom stereocenters. The molecular formula is C21H26FN3S. The Labute approximate surface area is 160 Å². The second-order valence-electron chi connectivity index (χ2n) is 6.33. The molecule has 0 bridgehead atoms. The van der Waals surface area contributed by atoms with Crippen molar-refractivity contribution in [3.8, 4) is 6.07 Å². The molecule has 0 amide bonds. The number of anilines is 2. The fourth-order valence-corrected chi connectivity index (χ4v) is 2.51. The van der Waals surface area contributed by atoms with Crippen molar-refractivity contribution in [1.82, 2.24) is 0 Å². The molecule has 0 radical (unpaired) electrons. The van der Waals surface area contributed by atoms with Crippen LogP contribution < -0.4 is 10.0 Å². The van der Waals surface area contributed by atoms with Crippen LogP contribution in [0.15, 0.2) is 43.0 Å². The van der Waals surface area contributed by atoms with Crippen molar-refractivity contribution >= 4 is 28.9 Å². The zero-order chi connectivity index (χ0) is 19.7. The molecule has 0 fully saturated rings. The molecule has 0 atom stereocenters. The van der Waals surface area contributed by atoms with Crippen LogP contribution in [0.2, 0.25) is 0 Å². The number of nitrogens with one attached hydrogen (secondary N) is 2. The smallest absolute Gasteiger partial charge is 0.141 e. The highest BCUT2D eigenvalue weighted by molar-refractivity contribution is 7.99. The molecule has 2 rings (SSSR count). The summed E-state index contributed by atoms with van der Waals surface area (Å²) in [6.07, 6.45) is 1.95. The minimum absolute atomic E-state index is 0.0323. The molecule has 0 spiro atoms. The third-order valence-corrected chi connectivity index (χ3v) is 3.71. The molecular weight excluding hydrogens is 345 g/mol. The fourth-order valence-electron chi connectivity index (χ4n) is 2.14. The predicted molar refractivity (Wildman–Crippen MR) is 113 cm³/mol. The maximum absolute atomic E-state index is 13.8. The van der Waals surface area contributed by atoms with Gasteiger partial charge in [-0.05, 0) is 41.3 Å². The summed E-state index contributed by atoms with van der Waals surface area (Å²) < 4.78 is 16.9. The number of hydrogen-bond donors (Lipinski definition) is 2. The average molecular weight is 372 g/mol. The number of nitriles is 1. The van der Waals surface area contributed by atoms with Crippen LogP contribution in [0.1, 0.15) is 37.5 Å². The topological polar surface area (TPSA) is 47.9 Å². The Morgan fingerprint density at radius 1 is 1.19 bits per heavy atom. The van der Waals surface area contributed by atoms with Gasteiger partial charge in [0.25, 0.3) is 0 Å². The number of hydrogen-bond acceptors (Lipinski definition) is 4. The standard InChI is InChI=1S/C17H16FN3S.C4H10/c1-11(12-4-5-13(10-19)16(18)8-12)15-7-6-14(21-22-3)9-17(15)20-2;1-4(2)3/h4-9,20-21H,1H2,2-3H3;4H,1-3H3. The van der Waals surface area contributed by atoms with Gasteiger partial charge in [0.15, 0.2) is 0 Å². The van der Waals surface area contributed by atoms with E-state index in [2.05, 4.69) is 37.4 Å². The molecule has 3 nitrogen and oxygen atoms in total. The van der Waals surface area contributed by atoms with E-state index < -0.39 is 5.82 Å². The van der Waals surface area contributed by atoms with Crippen molar-refractivity contribution in [3.05, 3.63) is 65.5 Å². The minimum atomic E-state index is -0.534. The molecule has 2 aromatic carbocycles. The van der Waals surface area contributed by atoms with Crippen molar-refractivity contribution in [3.63, 3.8) is 0 Å². The molecule has 0 saturated carbocycles. The number of nitrogens with zero attached hydrogens (tertiary/aromatic N) is 1. The molecule has 26 heavy (non-hydrogen) atoms. The summed E-state index contributed by atoms with van der Waals surface area (Å²) >= 11 is 1.51. The largest absolute Gasteiger partial charge is 0.388 e. The van der Waals surface area contributed by atoms with E-state index in [1.165, 1.54) is 24.1 Å². The Morgan fingerprint density at radius 2 is 1.85 bits per heavy atom. The van der Waals surface area contributed by atoms with E-state index in [1.807, 2.05) is 37.6 Å². The highest BCUT2D eigenvalue weighted by atomic mass is 32.2. The monoisotopic (exact) mass is 371 g/mol. The van der Waals surface area contributed by atoms with Gasteiger partial charge in [0, 0.05) is 30.2 Å². The lowest BCUT2D eigenvalue weighted by Crippen LogP contribution is -1.98. The predicted octanol–water partition coefficient (Wildman–Crippen LogP) is 6.15. The van der Waals surface area contributed by atoms with Gasteiger partial charge in [-0.1, -0.05) is 51.4 Å². The van der Waals surface area contributed by atoms with Crippen LogP contribution in [0.4, 0.5) is 15.8 Å². The Kier molecular flexibility index (Phi) is 8.74.